The van der Waals surface area contributed by atoms with E-state index in [1.165, 1.54) is 49.7 Å². The number of hydrogen-bond acceptors (Lipinski definition) is 0. The largest absolute Gasteiger partial charge is 0.0622 e. The molecule has 0 aliphatic heterocycles. The van der Waals surface area contributed by atoms with Crippen LogP contribution in [0.1, 0.15) is 5.56 Å². The standard InChI is InChI=1S/C29H22/c1-21-18-24(22-10-4-2-5-11-22)20-25(19-21)27-17-16-26(23-12-6-3-7-13-23)28-14-8-9-15-29(27)28/h2-20H,1H3. The molecule has 0 radical (unpaired) electrons. The Labute approximate surface area is 172 Å². The van der Waals surface area contributed by atoms with Gasteiger partial charge in [-0.2, -0.15) is 0 Å². The van der Waals surface area contributed by atoms with Crippen molar-refractivity contribution in [2.75, 3.05) is 0 Å². The van der Waals surface area contributed by atoms with Crippen LogP contribution in [0.25, 0.3) is 44.2 Å². The van der Waals surface area contributed by atoms with Crippen LogP contribution in [-0.4, -0.2) is 0 Å². The van der Waals surface area contributed by atoms with Crippen molar-refractivity contribution in [1.82, 2.24) is 0 Å². The Kier molecular flexibility index (Phi) is 4.46. The summed E-state index contributed by atoms with van der Waals surface area (Å²) in [7, 11) is 0. The van der Waals surface area contributed by atoms with Gasteiger partial charge in [-0.1, -0.05) is 109 Å². The Balaban J connectivity index is 1.72. The molecule has 0 aliphatic rings. The molecule has 0 bridgehead atoms. The number of fused-ring (bicyclic) bond motifs is 1. The predicted octanol–water partition coefficient (Wildman–Crippen LogP) is 8.15. The summed E-state index contributed by atoms with van der Waals surface area (Å²) in [5.74, 6) is 0. The molecule has 5 rings (SSSR count). The van der Waals surface area contributed by atoms with E-state index < -0.39 is 0 Å². The van der Waals surface area contributed by atoms with Crippen molar-refractivity contribution in [2.24, 2.45) is 0 Å². The minimum atomic E-state index is 1.25. The Bertz CT molecular complexity index is 1280. The van der Waals surface area contributed by atoms with Gasteiger partial charge in [0.25, 0.3) is 0 Å². The maximum absolute atomic E-state index is 2.31. The van der Waals surface area contributed by atoms with Crippen molar-refractivity contribution in [3.63, 3.8) is 0 Å². The lowest BCUT2D eigenvalue weighted by Crippen LogP contribution is -1.88. The smallest absolute Gasteiger partial charge is 0.00992 e. The molecule has 5 aromatic rings. The molecule has 0 spiro atoms. The topological polar surface area (TPSA) is 0 Å². The van der Waals surface area contributed by atoms with Gasteiger partial charge in [-0.15, -0.1) is 0 Å². The molecule has 0 N–H and O–H groups in total. The number of hydrogen-bond donors (Lipinski definition) is 0. The first-order chi connectivity index (χ1) is 14.3. The van der Waals surface area contributed by atoms with Gasteiger partial charge in [0.1, 0.15) is 0 Å². The second-order valence-electron chi connectivity index (χ2n) is 7.53. The van der Waals surface area contributed by atoms with Crippen LogP contribution in [0.2, 0.25) is 0 Å². The van der Waals surface area contributed by atoms with Gasteiger partial charge in [0, 0.05) is 0 Å². The van der Waals surface area contributed by atoms with Gasteiger partial charge in [-0.3, -0.25) is 0 Å². The molecule has 0 fully saturated rings. The molecule has 29 heavy (non-hydrogen) atoms. The van der Waals surface area contributed by atoms with E-state index in [9.17, 15) is 0 Å². The summed E-state index contributed by atoms with van der Waals surface area (Å²) in [4.78, 5) is 0. The maximum Gasteiger partial charge on any atom is -0.00992 e. The van der Waals surface area contributed by atoms with Crippen LogP contribution >= 0.6 is 0 Å². The average molecular weight is 370 g/mol. The van der Waals surface area contributed by atoms with Gasteiger partial charge in [0.2, 0.25) is 0 Å². The second-order valence-corrected chi connectivity index (χ2v) is 7.53. The molecule has 0 saturated heterocycles. The zero-order chi connectivity index (χ0) is 19.6. The third kappa shape index (κ3) is 3.34. The summed E-state index contributed by atoms with van der Waals surface area (Å²) in [6.07, 6.45) is 0. The summed E-state index contributed by atoms with van der Waals surface area (Å²) in [6, 6.07) is 41.4. The van der Waals surface area contributed by atoms with Gasteiger partial charge in [-0.05, 0) is 62.7 Å². The lowest BCUT2D eigenvalue weighted by Gasteiger charge is -2.14. The summed E-state index contributed by atoms with van der Waals surface area (Å²) in [5.41, 5.74) is 8.86. The fourth-order valence-electron chi connectivity index (χ4n) is 4.16. The third-order valence-electron chi connectivity index (χ3n) is 5.50. The Morgan fingerprint density at radius 3 is 1.48 bits per heavy atom. The number of rotatable bonds is 3. The monoisotopic (exact) mass is 370 g/mol. The van der Waals surface area contributed by atoms with Crippen LogP contribution in [0.5, 0.6) is 0 Å². The Morgan fingerprint density at radius 1 is 0.379 bits per heavy atom. The second kappa shape index (κ2) is 7.41. The predicted molar refractivity (Wildman–Crippen MR) is 125 cm³/mol. The van der Waals surface area contributed by atoms with Crippen molar-refractivity contribution in [2.45, 2.75) is 6.92 Å². The molecule has 0 unspecified atom stereocenters. The van der Waals surface area contributed by atoms with E-state index in [0.717, 1.165) is 0 Å². The number of benzene rings is 5. The number of aryl methyl sites for hydroxylation is 1. The highest BCUT2D eigenvalue weighted by Crippen LogP contribution is 2.37. The first kappa shape index (κ1) is 17.5. The van der Waals surface area contributed by atoms with Gasteiger partial charge >= 0.3 is 0 Å². The fraction of sp³-hybridized carbons (Fsp3) is 0.0345. The molecule has 0 atom stereocenters. The average Bonchev–Trinajstić information content (AvgIpc) is 2.79. The van der Waals surface area contributed by atoms with Crippen molar-refractivity contribution in [1.29, 1.82) is 0 Å². The summed E-state index contributed by atoms with van der Waals surface area (Å²) in [6.45, 7) is 2.18. The first-order valence-corrected chi connectivity index (χ1v) is 10.0. The molecule has 0 nitrogen and oxygen atoms in total. The van der Waals surface area contributed by atoms with Crippen molar-refractivity contribution < 1.29 is 0 Å². The van der Waals surface area contributed by atoms with Crippen molar-refractivity contribution in [3.8, 4) is 33.4 Å². The van der Waals surface area contributed by atoms with Gasteiger partial charge < -0.3 is 0 Å². The van der Waals surface area contributed by atoms with E-state index in [1.807, 2.05) is 0 Å². The van der Waals surface area contributed by atoms with Crippen molar-refractivity contribution >= 4 is 10.8 Å². The minimum absolute atomic E-state index is 1.25. The fourth-order valence-corrected chi connectivity index (χ4v) is 4.16. The highest BCUT2D eigenvalue weighted by Gasteiger charge is 2.10. The van der Waals surface area contributed by atoms with E-state index in [4.69, 9.17) is 0 Å². The molecule has 0 heteroatoms. The van der Waals surface area contributed by atoms with E-state index in [1.54, 1.807) is 0 Å². The van der Waals surface area contributed by atoms with Crippen LogP contribution in [0, 0.1) is 6.92 Å². The van der Waals surface area contributed by atoms with Crippen LogP contribution in [0.3, 0.4) is 0 Å². The molecular weight excluding hydrogens is 348 g/mol. The zero-order valence-electron chi connectivity index (χ0n) is 16.5. The molecule has 0 aliphatic carbocycles. The van der Waals surface area contributed by atoms with Crippen LogP contribution in [0.4, 0.5) is 0 Å². The summed E-state index contributed by atoms with van der Waals surface area (Å²) < 4.78 is 0. The van der Waals surface area contributed by atoms with Gasteiger partial charge in [-0.25, -0.2) is 0 Å². The summed E-state index contributed by atoms with van der Waals surface area (Å²) in [5, 5.41) is 2.58. The Morgan fingerprint density at radius 2 is 0.862 bits per heavy atom. The normalized spacial score (nSPS) is 10.9. The van der Waals surface area contributed by atoms with Gasteiger partial charge in [0.15, 0.2) is 0 Å². The molecule has 0 saturated carbocycles. The van der Waals surface area contributed by atoms with E-state index in [-0.39, 0.29) is 0 Å². The lowest BCUT2D eigenvalue weighted by molar-refractivity contribution is 1.46. The van der Waals surface area contributed by atoms with Crippen LogP contribution in [-0.2, 0) is 0 Å². The minimum Gasteiger partial charge on any atom is -0.0622 e. The van der Waals surface area contributed by atoms with Crippen molar-refractivity contribution in [3.05, 3.63) is 121 Å². The molecule has 0 heterocycles. The van der Waals surface area contributed by atoms with Crippen LogP contribution in [0.15, 0.2) is 115 Å². The quantitative estimate of drug-likeness (QED) is 0.300. The van der Waals surface area contributed by atoms with E-state index >= 15 is 0 Å². The lowest BCUT2D eigenvalue weighted by atomic mass is 9.90. The molecule has 138 valence electrons. The summed E-state index contributed by atoms with van der Waals surface area (Å²) >= 11 is 0. The van der Waals surface area contributed by atoms with Gasteiger partial charge in [0.05, 0.1) is 0 Å². The molecular formula is C29H22. The Hall–Kier alpha value is -3.64. The highest BCUT2D eigenvalue weighted by molar-refractivity contribution is 6.05. The molecule has 5 aromatic carbocycles. The van der Waals surface area contributed by atoms with Crippen LogP contribution < -0.4 is 0 Å². The third-order valence-corrected chi connectivity index (χ3v) is 5.50. The maximum atomic E-state index is 2.31. The molecule has 0 amide bonds. The van der Waals surface area contributed by atoms with E-state index in [0.29, 0.717) is 0 Å². The SMILES string of the molecule is Cc1cc(-c2ccccc2)cc(-c2ccc(-c3ccccc3)c3ccccc23)c1. The zero-order valence-corrected chi connectivity index (χ0v) is 16.5. The highest BCUT2D eigenvalue weighted by atomic mass is 14.1. The van der Waals surface area contributed by atoms with E-state index in [2.05, 4.69) is 122 Å². The molecule has 0 aromatic heterocycles. The first-order valence-electron chi connectivity index (χ1n) is 10.0.